The van der Waals surface area contributed by atoms with Crippen molar-refractivity contribution in [3.05, 3.63) is 46.5 Å². The quantitative estimate of drug-likeness (QED) is 0.195. The van der Waals surface area contributed by atoms with E-state index >= 15 is 0 Å². The second kappa shape index (κ2) is 15.0. The molecule has 0 spiro atoms. The maximum absolute atomic E-state index is 12.3. The first kappa shape index (κ1) is 30.6. The number of carboxylic acid groups (broad SMARTS) is 1. The Morgan fingerprint density at radius 2 is 1.37 bits per heavy atom. The van der Waals surface area contributed by atoms with Gasteiger partial charge in [-0.3, -0.25) is 14.4 Å². The fourth-order valence-corrected chi connectivity index (χ4v) is 4.02. The summed E-state index contributed by atoms with van der Waals surface area (Å²) in [6.07, 6.45) is 1.78. The molecule has 2 rings (SSSR count). The molecule has 2 aromatic rings. The van der Waals surface area contributed by atoms with Crippen LogP contribution < -0.4 is 14.2 Å². The number of hydrogen-bond acceptors (Lipinski definition) is 8. The summed E-state index contributed by atoms with van der Waals surface area (Å²) in [5.74, 6) is -0.263. The van der Waals surface area contributed by atoms with Crippen LogP contribution >= 0.6 is 0 Å². The summed E-state index contributed by atoms with van der Waals surface area (Å²) in [5, 5.41) is 30.0. The Labute approximate surface area is 223 Å². The Kier molecular flexibility index (Phi) is 12.1. The molecule has 1 unspecified atom stereocenters. The largest absolute Gasteiger partial charge is 0.507 e. The number of carbonyl (C=O) groups excluding carboxylic acids is 2. The zero-order valence-electron chi connectivity index (χ0n) is 22.5. The fourth-order valence-electron chi connectivity index (χ4n) is 4.02. The molecule has 0 amide bonds. The summed E-state index contributed by atoms with van der Waals surface area (Å²) < 4.78 is 17.5. The van der Waals surface area contributed by atoms with Gasteiger partial charge in [0, 0.05) is 17.5 Å². The molecule has 9 heteroatoms. The van der Waals surface area contributed by atoms with Crippen molar-refractivity contribution in [1.29, 1.82) is 0 Å². The molecule has 0 aliphatic rings. The standard InChI is InChI=1S/C29H38O9/c1-5-8-23-25(13-11-21(18(3)30)28(23)35)37-16-20(32)17-38-29-22(19(4)31)12-14-26(24(29)9-6-2)36-15-7-10-27(33)34/h11-14,20,32,35H,5-10,15-17H2,1-4H3,(H,33,34). The van der Waals surface area contributed by atoms with Gasteiger partial charge in [0.1, 0.15) is 42.3 Å². The Bertz CT molecular complexity index is 1120. The smallest absolute Gasteiger partial charge is 0.303 e. The molecule has 1 atom stereocenters. The van der Waals surface area contributed by atoms with Gasteiger partial charge in [-0.1, -0.05) is 26.7 Å². The van der Waals surface area contributed by atoms with Crippen molar-refractivity contribution in [2.75, 3.05) is 19.8 Å². The highest BCUT2D eigenvalue weighted by Crippen LogP contribution is 2.35. The van der Waals surface area contributed by atoms with E-state index in [2.05, 4.69) is 0 Å². The number of carboxylic acids is 1. The highest BCUT2D eigenvalue weighted by atomic mass is 16.5. The Morgan fingerprint density at radius 3 is 1.95 bits per heavy atom. The number of ketones is 2. The Balaban J connectivity index is 2.18. The number of carbonyl (C=O) groups is 3. The van der Waals surface area contributed by atoms with Gasteiger partial charge in [0.25, 0.3) is 0 Å². The molecule has 3 N–H and O–H groups in total. The monoisotopic (exact) mass is 530 g/mol. The van der Waals surface area contributed by atoms with Gasteiger partial charge in [-0.15, -0.1) is 0 Å². The van der Waals surface area contributed by atoms with Crippen LogP contribution in [0.4, 0.5) is 0 Å². The van der Waals surface area contributed by atoms with E-state index in [1.807, 2.05) is 13.8 Å². The molecule has 9 nitrogen and oxygen atoms in total. The summed E-state index contributed by atoms with van der Waals surface area (Å²) in [6, 6.07) is 6.38. The third kappa shape index (κ3) is 8.48. The molecular weight excluding hydrogens is 492 g/mol. The predicted molar refractivity (Wildman–Crippen MR) is 142 cm³/mol. The second-order valence-electron chi connectivity index (χ2n) is 9.09. The van der Waals surface area contributed by atoms with E-state index in [9.17, 15) is 24.6 Å². The van der Waals surface area contributed by atoms with Crippen molar-refractivity contribution in [3.8, 4) is 23.0 Å². The van der Waals surface area contributed by atoms with Crippen LogP contribution in [0.2, 0.25) is 0 Å². The van der Waals surface area contributed by atoms with Crippen LogP contribution in [0.3, 0.4) is 0 Å². The van der Waals surface area contributed by atoms with Crippen LogP contribution in [0.15, 0.2) is 24.3 Å². The number of aromatic hydroxyl groups is 1. The molecule has 2 aromatic carbocycles. The van der Waals surface area contributed by atoms with Gasteiger partial charge in [-0.2, -0.15) is 0 Å². The number of ether oxygens (including phenoxy) is 3. The van der Waals surface area contributed by atoms with Crippen molar-refractivity contribution in [1.82, 2.24) is 0 Å². The number of phenolic OH excluding ortho intramolecular Hbond substituents is 1. The Hall–Kier alpha value is -3.59. The number of phenols is 1. The van der Waals surface area contributed by atoms with Gasteiger partial charge < -0.3 is 29.5 Å². The lowest BCUT2D eigenvalue weighted by atomic mass is 10.0. The highest BCUT2D eigenvalue weighted by Gasteiger charge is 2.21. The molecule has 208 valence electrons. The molecular formula is C29H38O9. The minimum Gasteiger partial charge on any atom is -0.507 e. The normalized spacial score (nSPS) is 11.6. The van der Waals surface area contributed by atoms with Crippen LogP contribution in [0, 0.1) is 0 Å². The number of benzene rings is 2. The molecule has 0 bridgehead atoms. The Morgan fingerprint density at radius 1 is 0.816 bits per heavy atom. The van der Waals surface area contributed by atoms with E-state index in [1.165, 1.54) is 19.9 Å². The lowest BCUT2D eigenvalue weighted by Gasteiger charge is -2.21. The highest BCUT2D eigenvalue weighted by molar-refractivity contribution is 5.98. The molecule has 0 aliphatic heterocycles. The van der Waals surface area contributed by atoms with Gasteiger partial charge in [-0.25, -0.2) is 0 Å². The van der Waals surface area contributed by atoms with Crippen LogP contribution in [-0.2, 0) is 17.6 Å². The summed E-state index contributed by atoms with van der Waals surface area (Å²) in [4.78, 5) is 34.9. The average molecular weight is 531 g/mol. The van der Waals surface area contributed by atoms with Crippen LogP contribution in [0.5, 0.6) is 23.0 Å². The zero-order valence-corrected chi connectivity index (χ0v) is 22.5. The number of aliphatic carboxylic acids is 1. The van der Waals surface area contributed by atoms with Gasteiger partial charge in [0.05, 0.1) is 17.7 Å². The number of aliphatic hydroxyl groups is 1. The van der Waals surface area contributed by atoms with Crippen LogP contribution in [-0.4, -0.2) is 58.8 Å². The SMILES string of the molecule is CCCc1c(OCC(O)COc2c(C(C)=O)ccc(OCCCC(=O)O)c2CCC)ccc(C(C)=O)c1O. The number of aliphatic hydroxyl groups excluding tert-OH is 1. The molecule has 0 aliphatic carbocycles. The predicted octanol–water partition coefficient (Wildman–Crippen LogP) is 4.76. The van der Waals surface area contributed by atoms with Crippen molar-refractivity contribution >= 4 is 17.5 Å². The van der Waals surface area contributed by atoms with Crippen LogP contribution in [0.25, 0.3) is 0 Å². The molecule has 0 heterocycles. The first-order chi connectivity index (χ1) is 18.1. The van der Waals surface area contributed by atoms with Gasteiger partial charge in [0.2, 0.25) is 0 Å². The summed E-state index contributed by atoms with van der Waals surface area (Å²) >= 11 is 0. The van der Waals surface area contributed by atoms with E-state index in [1.54, 1.807) is 18.2 Å². The van der Waals surface area contributed by atoms with Crippen LogP contribution in [0.1, 0.15) is 85.2 Å². The topological polar surface area (TPSA) is 140 Å². The van der Waals surface area contributed by atoms with Crippen molar-refractivity contribution in [3.63, 3.8) is 0 Å². The minimum atomic E-state index is -1.06. The molecule has 0 aromatic heterocycles. The maximum Gasteiger partial charge on any atom is 0.303 e. The molecule has 0 radical (unpaired) electrons. The lowest BCUT2D eigenvalue weighted by molar-refractivity contribution is -0.137. The molecule has 0 saturated heterocycles. The average Bonchev–Trinajstić information content (AvgIpc) is 2.86. The first-order valence-corrected chi connectivity index (χ1v) is 12.9. The fraction of sp³-hybridized carbons (Fsp3) is 0.483. The van der Waals surface area contributed by atoms with Gasteiger partial charge in [-0.05, 0) is 57.4 Å². The van der Waals surface area contributed by atoms with Gasteiger partial charge >= 0.3 is 5.97 Å². The van der Waals surface area contributed by atoms with Crippen molar-refractivity contribution < 1.29 is 43.9 Å². The van der Waals surface area contributed by atoms with E-state index in [0.717, 1.165) is 12.8 Å². The summed E-state index contributed by atoms with van der Waals surface area (Å²) in [7, 11) is 0. The zero-order chi connectivity index (χ0) is 28.2. The third-order valence-corrected chi connectivity index (χ3v) is 5.86. The van der Waals surface area contributed by atoms with Crippen molar-refractivity contribution in [2.24, 2.45) is 0 Å². The van der Waals surface area contributed by atoms with Crippen molar-refractivity contribution in [2.45, 2.75) is 72.3 Å². The van der Waals surface area contributed by atoms with E-state index < -0.39 is 12.1 Å². The number of hydrogen-bond donors (Lipinski definition) is 3. The molecule has 38 heavy (non-hydrogen) atoms. The lowest BCUT2D eigenvalue weighted by Crippen LogP contribution is -2.26. The summed E-state index contributed by atoms with van der Waals surface area (Å²) in [5.41, 5.74) is 1.76. The maximum atomic E-state index is 12.3. The second-order valence-corrected chi connectivity index (χ2v) is 9.09. The number of rotatable bonds is 17. The summed E-state index contributed by atoms with van der Waals surface area (Å²) in [6.45, 7) is 6.62. The molecule has 0 fully saturated rings. The third-order valence-electron chi connectivity index (χ3n) is 5.86. The first-order valence-electron chi connectivity index (χ1n) is 12.9. The number of Topliss-reactive ketones (excluding diaryl/α,β-unsaturated/α-hetero) is 2. The molecule has 0 saturated carbocycles. The van der Waals surface area contributed by atoms with E-state index in [-0.39, 0.29) is 49.1 Å². The van der Waals surface area contributed by atoms with Gasteiger partial charge in [0.15, 0.2) is 11.6 Å². The van der Waals surface area contributed by atoms with E-state index in [0.29, 0.717) is 53.2 Å². The van der Waals surface area contributed by atoms with E-state index in [4.69, 9.17) is 19.3 Å². The minimum absolute atomic E-state index is 0.0145.